The molecule has 4 heteroatoms. The summed E-state index contributed by atoms with van der Waals surface area (Å²) in [6.07, 6.45) is 11.1. The quantitative estimate of drug-likeness (QED) is 0.796. The minimum absolute atomic E-state index is 0.614. The summed E-state index contributed by atoms with van der Waals surface area (Å²) in [5, 5.41) is 7.22. The standard InChI is InChI=1S/C12H20N4/c1-2-11(15-10-4-5-13-8-10)12(3-1)16-7-6-14-9-16/h6-7,9-13,15H,1-5,8H2. The normalized spacial score (nSPS) is 34.6. The first-order valence-electron chi connectivity index (χ1n) is 6.38. The summed E-state index contributed by atoms with van der Waals surface area (Å²) in [6, 6.07) is 1.93. The molecule has 0 amide bonds. The van der Waals surface area contributed by atoms with Crippen LogP contribution in [0.4, 0.5) is 0 Å². The van der Waals surface area contributed by atoms with E-state index < -0.39 is 0 Å². The Balaban J connectivity index is 1.64. The first kappa shape index (κ1) is 10.3. The van der Waals surface area contributed by atoms with E-state index in [9.17, 15) is 0 Å². The SMILES string of the molecule is c1cn(C2CCCC2NC2CCNC2)cn1. The average Bonchev–Trinajstić information content (AvgIpc) is 2.98. The van der Waals surface area contributed by atoms with Crippen LogP contribution in [0.1, 0.15) is 31.7 Å². The largest absolute Gasteiger partial charge is 0.333 e. The number of aromatic nitrogens is 2. The van der Waals surface area contributed by atoms with Crippen LogP contribution < -0.4 is 10.6 Å². The highest BCUT2D eigenvalue weighted by Crippen LogP contribution is 2.30. The second kappa shape index (κ2) is 4.55. The van der Waals surface area contributed by atoms with Crippen molar-refractivity contribution in [2.24, 2.45) is 0 Å². The van der Waals surface area contributed by atoms with Crippen molar-refractivity contribution < 1.29 is 0 Å². The molecule has 1 aliphatic heterocycles. The lowest BCUT2D eigenvalue weighted by Crippen LogP contribution is -2.42. The van der Waals surface area contributed by atoms with Gasteiger partial charge in [-0.05, 0) is 32.2 Å². The summed E-state index contributed by atoms with van der Waals surface area (Å²) in [5.41, 5.74) is 0. The Kier molecular flexibility index (Phi) is 2.93. The van der Waals surface area contributed by atoms with Crippen molar-refractivity contribution in [3.8, 4) is 0 Å². The monoisotopic (exact) mass is 220 g/mol. The number of hydrogen-bond donors (Lipinski definition) is 2. The number of nitrogens with zero attached hydrogens (tertiary/aromatic N) is 2. The molecule has 1 aromatic rings. The van der Waals surface area contributed by atoms with Crippen LogP contribution in [0.5, 0.6) is 0 Å². The van der Waals surface area contributed by atoms with Gasteiger partial charge in [-0.15, -0.1) is 0 Å². The van der Waals surface area contributed by atoms with E-state index in [-0.39, 0.29) is 0 Å². The zero-order chi connectivity index (χ0) is 10.8. The molecule has 3 atom stereocenters. The van der Waals surface area contributed by atoms with E-state index in [4.69, 9.17) is 0 Å². The van der Waals surface area contributed by atoms with Gasteiger partial charge >= 0.3 is 0 Å². The van der Waals surface area contributed by atoms with Gasteiger partial charge in [-0.3, -0.25) is 0 Å². The number of imidazole rings is 1. The van der Waals surface area contributed by atoms with Crippen molar-refractivity contribution in [2.75, 3.05) is 13.1 Å². The fraction of sp³-hybridized carbons (Fsp3) is 0.750. The molecular weight excluding hydrogens is 200 g/mol. The first-order valence-corrected chi connectivity index (χ1v) is 6.38. The van der Waals surface area contributed by atoms with E-state index in [2.05, 4.69) is 26.4 Å². The summed E-state index contributed by atoms with van der Waals surface area (Å²) in [6.45, 7) is 2.30. The molecule has 2 N–H and O–H groups in total. The van der Waals surface area contributed by atoms with Crippen LogP contribution in [0.2, 0.25) is 0 Å². The maximum Gasteiger partial charge on any atom is 0.0949 e. The zero-order valence-electron chi connectivity index (χ0n) is 9.60. The Morgan fingerprint density at radius 1 is 1.31 bits per heavy atom. The molecule has 0 bridgehead atoms. The summed E-state index contributed by atoms with van der Waals surface area (Å²) < 4.78 is 2.27. The molecule has 1 saturated heterocycles. The summed E-state index contributed by atoms with van der Waals surface area (Å²) in [4.78, 5) is 4.16. The number of hydrogen-bond acceptors (Lipinski definition) is 3. The van der Waals surface area contributed by atoms with Gasteiger partial charge in [0.1, 0.15) is 0 Å². The summed E-state index contributed by atoms with van der Waals surface area (Å²) in [5.74, 6) is 0. The topological polar surface area (TPSA) is 41.9 Å². The highest BCUT2D eigenvalue weighted by atomic mass is 15.1. The van der Waals surface area contributed by atoms with Gasteiger partial charge in [0.2, 0.25) is 0 Å². The van der Waals surface area contributed by atoms with E-state index in [0.717, 1.165) is 6.54 Å². The fourth-order valence-electron chi connectivity index (χ4n) is 3.06. The highest BCUT2D eigenvalue weighted by molar-refractivity contribution is 4.94. The third kappa shape index (κ3) is 1.99. The van der Waals surface area contributed by atoms with Crippen LogP contribution in [0, 0.1) is 0 Å². The average molecular weight is 220 g/mol. The minimum Gasteiger partial charge on any atom is -0.333 e. The van der Waals surface area contributed by atoms with Crippen LogP contribution >= 0.6 is 0 Å². The molecule has 0 radical (unpaired) electrons. The van der Waals surface area contributed by atoms with Crippen molar-refractivity contribution in [2.45, 2.75) is 43.8 Å². The van der Waals surface area contributed by atoms with Gasteiger partial charge in [0.15, 0.2) is 0 Å². The molecule has 2 fully saturated rings. The van der Waals surface area contributed by atoms with Crippen LogP contribution in [-0.4, -0.2) is 34.7 Å². The Labute approximate surface area is 96.4 Å². The van der Waals surface area contributed by atoms with E-state index in [1.54, 1.807) is 0 Å². The van der Waals surface area contributed by atoms with Crippen molar-refractivity contribution >= 4 is 0 Å². The van der Waals surface area contributed by atoms with Crippen molar-refractivity contribution in [1.82, 2.24) is 20.2 Å². The van der Waals surface area contributed by atoms with E-state index in [1.165, 1.54) is 32.2 Å². The van der Waals surface area contributed by atoms with Crippen LogP contribution in [0.15, 0.2) is 18.7 Å². The number of nitrogens with one attached hydrogen (secondary N) is 2. The van der Waals surface area contributed by atoms with Crippen molar-refractivity contribution in [3.63, 3.8) is 0 Å². The van der Waals surface area contributed by atoms with Gasteiger partial charge in [0, 0.05) is 37.1 Å². The summed E-state index contributed by atoms with van der Waals surface area (Å²) >= 11 is 0. The summed E-state index contributed by atoms with van der Waals surface area (Å²) in [7, 11) is 0. The fourth-order valence-corrected chi connectivity index (χ4v) is 3.06. The van der Waals surface area contributed by atoms with Gasteiger partial charge in [0.25, 0.3) is 0 Å². The van der Waals surface area contributed by atoms with Gasteiger partial charge < -0.3 is 15.2 Å². The maximum absolute atomic E-state index is 4.16. The van der Waals surface area contributed by atoms with E-state index in [0.29, 0.717) is 18.1 Å². The Morgan fingerprint density at radius 2 is 2.31 bits per heavy atom. The van der Waals surface area contributed by atoms with E-state index >= 15 is 0 Å². The minimum atomic E-state index is 0.614. The lowest BCUT2D eigenvalue weighted by atomic mass is 10.1. The molecule has 88 valence electrons. The van der Waals surface area contributed by atoms with Crippen molar-refractivity contribution in [1.29, 1.82) is 0 Å². The van der Waals surface area contributed by atoms with Gasteiger partial charge in [-0.1, -0.05) is 0 Å². The third-order valence-corrected chi connectivity index (χ3v) is 3.90. The van der Waals surface area contributed by atoms with Gasteiger partial charge in [-0.25, -0.2) is 4.98 Å². The number of rotatable bonds is 3. The highest BCUT2D eigenvalue weighted by Gasteiger charge is 2.30. The molecule has 1 aromatic heterocycles. The molecule has 16 heavy (non-hydrogen) atoms. The van der Waals surface area contributed by atoms with Crippen LogP contribution in [0.25, 0.3) is 0 Å². The lowest BCUT2D eigenvalue weighted by molar-refractivity contribution is 0.358. The van der Waals surface area contributed by atoms with Crippen molar-refractivity contribution in [3.05, 3.63) is 18.7 Å². The Hall–Kier alpha value is -0.870. The molecule has 2 aliphatic rings. The smallest absolute Gasteiger partial charge is 0.0949 e. The molecular formula is C12H20N4. The zero-order valence-corrected chi connectivity index (χ0v) is 9.60. The van der Waals surface area contributed by atoms with Crippen LogP contribution in [0.3, 0.4) is 0 Å². The first-order chi connectivity index (χ1) is 7.93. The predicted molar refractivity (Wildman–Crippen MR) is 63.3 cm³/mol. The molecule has 2 heterocycles. The predicted octanol–water partition coefficient (Wildman–Crippen LogP) is 0.928. The lowest BCUT2D eigenvalue weighted by Gasteiger charge is -2.25. The molecule has 1 saturated carbocycles. The van der Waals surface area contributed by atoms with Gasteiger partial charge in [-0.2, -0.15) is 0 Å². The van der Waals surface area contributed by atoms with Gasteiger partial charge in [0.05, 0.1) is 6.33 Å². The molecule has 3 rings (SSSR count). The second-order valence-electron chi connectivity index (χ2n) is 4.97. The molecule has 3 unspecified atom stereocenters. The third-order valence-electron chi connectivity index (χ3n) is 3.90. The maximum atomic E-state index is 4.16. The second-order valence-corrected chi connectivity index (χ2v) is 4.97. The molecule has 1 aliphatic carbocycles. The molecule has 4 nitrogen and oxygen atoms in total. The Bertz CT molecular complexity index is 316. The Morgan fingerprint density at radius 3 is 3.06 bits per heavy atom. The van der Waals surface area contributed by atoms with E-state index in [1.807, 2.05) is 12.5 Å². The molecule has 0 spiro atoms. The van der Waals surface area contributed by atoms with Crippen LogP contribution in [-0.2, 0) is 0 Å². The molecule has 0 aromatic carbocycles.